The van der Waals surface area contributed by atoms with E-state index in [2.05, 4.69) is 0 Å². The Hall–Kier alpha value is -1.47. The topological polar surface area (TPSA) is 107 Å². The maximum atomic E-state index is 11.1. The van der Waals surface area contributed by atoms with Gasteiger partial charge in [-0.25, -0.2) is 4.79 Å². The van der Waals surface area contributed by atoms with Gasteiger partial charge in [-0.05, 0) is 11.6 Å². The molecule has 0 amide bonds. The highest BCUT2D eigenvalue weighted by atomic mass is 16.6. The minimum absolute atomic E-state index is 0.139. The van der Waals surface area contributed by atoms with Crippen LogP contribution < -0.4 is 0 Å². The third-order valence-corrected chi connectivity index (χ3v) is 3.31. The van der Waals surface area contributed by atoms with E-state index in [4.69, 9.17) is 14.9 Å². The summed E-state index contributed by atoms with van der Waals surface area (Å²) in [5, 5.41) is 37.5. The van der Waals surface area contributed by atoms with Crippen LogP contribution in [0, 0.1) is 0 Å². The van der Waals surface area contributed by atoms with E-state index in [1.54, 1.807) is 18.2 Å². The predicted octanol–water partition coefficient (Wildman–Crippen LogP) is -0.591. The summed E-state index contributed by atoms with van der Waals surface area (Å²) in [6, 6.07) is 6.42. The summed E-state index contributed by atoms with van der Waals surface area (Å²) in [4.78, 5) is 11.1. The van der Waals surface area contributed by atoms with Gasteiger partial charge in [0.1, 0.15) is 18.3 Å². The van der Waals surface area contributed by atoms with Gasteiger partial charge in [0.05, 0.1) is 18.3 Å². The molecular weight excluding hydrogens is 252 g/mol. The fraction of sp³-hybridized carbons (Fsp3) is 0.462. The van der Waals surface area contributed by atoms with E-state index in [1.807, 2.05) is 0 Å². The molecule has 4 N–H and O–H groups in total. The van der Waals surface area contributed by atoms with Gasteiger partial charge in [-0.15, -0.1) is 0 Å². The van der Waals surface area contributed by atoms with Crippen LogP contribution in [0.25, 0.3) is 0 Å². The summed E-state index contributed by atoms with van der Waals surface area (Å²) < 4.78 is 5.33. The summed E-state index contributed by atoms with van der Waals surface area (Å²) in [6.45, 7) is -0.394. The first-order valence-electron chi connectivity index (χ1n) is 5.98. The van der Waals surface area contributed by atoms with Crippen molar-refractivity contribution in [1.82, 2.24) is 0 Å². The maximum absolute atomic E-state index is 11.1. The number of carboxylic acid groups (broad SMARTS) is 1. The molecule has 19 heavy (non-hydrogen) atoms. The molecule has 104 valence electrons. The van der Waals surface area contributed by atoms with Crippen LogP contribution in [-0.4, -0.2) is 57.4 Å². The van der Waals surface area contributed by atoms with E-state index in [-0.39, 0.29) is 12.0 Å². The Balaban J connectivity index is 2.16. The monoisotopic (exact) mass is 268 g/mol. The molecule has 0 aliphatic carbocycles. The van der Waals surface area contributed by atoms with Crippen molar-refractivity contribution in [3.8, 4) is 0 Å². The average Bonchev–Trinajstić information content (AvgIpc) is 2.67. The quantitative estimate of drug-likeness (QED) is 0.581. The smallest absolute Gasteiger partial charge is 0.335 e. The third-order valence-electron chi connectivity index (χ3n) is 3.31. The fourth-order valence-electron chi connectivity index (χ4n) is 2.27. The van der Waals surface area contributed by atoms with E-state index in [0.717, 1.165) is 0 Å². The first kappa shape index (κ1) is 14.0. The standard InChI is InChI=1S/C13H16O6/c14-6-10-12(16)11(15)9(19-10)5-7-3-1-2-4-8(7)13(17)18/h1-4,9-12,14-16H,5-6H2,(H,17,18)/t9-,10+,11-,12+/m0/s1. The molecule has 1 aliphatic heterocycles. The van der Waals surface area contributed by atoms with Gasteiger partial charge in [0.15, 0.2) is 0 Å². The Kier molecular flexibility index (Phi) is 4.16. The Morgan fingerprint density at radius 2 is 1.79 bits per heavy atom. The lowest BCUT2D eigenvalue weighted by Crippen LogP contribution is -2.34. The molecule has 1 heterocycles. The Labute approximate surface area is 109 Å². The lowest BCUT2D eigenvalue weighted by molar-refractivity contribution is -0.0216. The number of benzene rings is 1. The number of hydrogen-bond donors (Lipinski definition) is 4. The van der Waals surface area contributed by atoms with Gasteiger partial charge in [0, 0.05) is 6.42 Å². The summed E-state index contributed by atoms with van der Waals surface area (Å²) in [7, 11) is 0. The number of aliphatic hydroxyl groups is 3. The number of carboxylic acids is 1. The van der Waals surface area contributed by atoms with Gasteiger partial charge in [-0.1, -0.05) is 18.2 Å². The number of aromatic carboxylic acids is 1. The van der Waals surface area contributed by atoms with Crippen LogP contribution in [0.5, 0.6) is 0 Å². The highest BCUT2D eigenvalue weighted by Gasteiger charge is 2.42. The Morgan fingerprint density at radius 1 is 1.16 bits per heavy atom. The molecule has 0 unspecified atom stereocenters. The fourth-order valence-corrected chi connectivity index (χ4v) is 2.27. The van der Waals surface area contributed by atoms with Crippen molar-refractivity contribution in [2.75, 3.05) is 6.61 Å². The minimum atomic E-state index is -1.16. The summed E-state index contributed by atoms with van der Waals surface area (Å²) in [6.07, 6.45) is -3.70. The summed E-state index contributed by atoms with van der Waals surface area (Å²) in [5.74, 6) is -1.05. The van der Waals surface area contributed by atoms with Crippen LogP contribution in [0.3, 0.4) is 0 Å². The van der Waals surface area contributed by atoms with E-state index in [9.17, 15) is 15.0 Å². The first-order valence-corrected chi connectivity index (χ1v) is 5.98. The molecule has 0 aromatic heterocycles. The molecule has 1 fully saturated rings. The summed E-state index contributed by atoms with van der Waals surface area (Å²) >= 11 is 0. The van der Waals surface area contributed by atoms with Gasteiger partial charge in [-0.2, -0.15) is 0 Å². The molecule has 1 aromatic rings. The molecule has 0 spiro atoms. The van der Waals surface area contributed by atoms with Crippen LogP contribution in [-0.2, 0) is 11.2 Å². The second kappa shape index (κ2) is 5.66. The van der Waals surface area contributed by atoms with Crippen LogP contribution in [0.4, 0.5) is 0 Å². The maximum Gasteiger partial charge on any atom is 0.335 e. The van der Waals surface area contributed by atoms with Gasteiger partial charge in [0.2, 0.25) is 0 Å². The lowest BCUT2D eigenvalue weighted by atomic mass is 9.98. The van der Waals surface area contributed by atoms with E-state index in [1.165, 1.54) is 6.07 Å². The zero-order valence-corrected chi connectivity index (χ0v) is 10.1. The van der Waals surface area contributed by atoms with Crippen molar-refractivity contribution in [2.24, 2.45) is 0 Å². The van der Waals surface area contributed by atoms with Crippen molar-refractivity contribution in [3.05, 3.63) is 35.4 Å². The van der Waals surface area contributed by atoms with Crippen LogP contribution in [0.1, 0.15) is 15.9 Å². The molecule has 1 saturated heterocycles. The molecule has 6 heteroatoms. The van der Waals surface area contributed by atoms with Crippen LogP contribution in [0.15, 0.2) is 24.3 Å². The Bertz CT molecular complexity index is 460. The van der Waals surface area contributed by atoms with Crippen molar-refractivity contribution < 1.29 is 30.0 Å². The van der Waals surface area contributed by atoms with E-state index >= 15 is 0 Å². The van der Waals surface area contributed by atoms with Gasteiger partial charge in [0.25, 0.3) is 0 Å². The van der Waals surface area contributed by atoms with E-state index < -0.39 is 37.0 Å². The molecule has 2 rings (SSSR count). The van der Waals surface area contributed by atoms with Gasteiger partial charge in [-0.3, -0.25) is 0 Å². The number of aliphatic hydroxyl groups excluding tert-OH is 3. The van der Waals surface area contributed by atoms with E-state index in [0.29, 0.717) is 5.56 Å². The second-order valence-electron chi connectivity index (χ2n) is 4.54. The number of carbonyl (C=O) groups is 1. The van der Waals surface area contributed by atoms with Crippen LogP contribution >= 0.6 is 0 Å². The van der Waals surface area contributed by atoms with Crippen molar-refractivity contribution in [1.29, 1.82) is 0 Å². The average molecular weight is 268 g/mol. The molecular formula is C13H16O6. The molecule has 1 aromatic carbocycles. The number of ether oxygens (including phenoxy) is 1. The molecule has 4 atom stereocenters. The third kappa shape index (κ3) is 2.76. The van der Waals surface area contributed by atoms with Crippen molar-refractivity contribution in [3.63, 3.8) is 0 Å². The normalized spacial score (nSPS) is 30.5. The molecule has 1 aliphatic rings. The molecule has 0 radical (unpaired) electrons. The number of rotatable bonds is 4. The molecule has 0 bridgehead atoms. The first-order chi connectivity index (χ1) is 9.04. The SMILES string of the molecule is O=C(O)c1ccccc1C[C@@H]1O[C@H](CO)[C@@H](O)[C@H]1O. The zero-order chi connectivity index (χ0) is 14.0. The summed E-state index contributed by atoms with van der Waals surface area (Å²) in [5.41, 5.74) is 0.657. The highest BCUT2D eigenvalue weighted by molar-refractivity contribution is 5.89. The molecule has 6 nitrogen and oxygen atoms in total. The second-order valence-corrected chi connectivity index (χ2v) is 4.54. The largest absolute Gasteiger partial charge is 0.478 e. The minimum Gasteiger partial charge on any atom is -0.478 e. The zero-order valence-electron chi connectivity index (χ0n) is 10.1. The van der Waals surface area contributed by atoms with Crippen molar-refractivity contribution >= 4 is 5.97 Å². The Morgan fingerprint density at radius 3 is 2.37 bits per heavy atom. The van der Waals surface area contributed by atoms with Crippen LogP contribution in [0.2, 0.25) is 0 Å². The van der Waals surface area contributed by atoms with Gasteiger partial charge >= 0.3 is 5.97 Å². The number of hydrogen-bond acceptors (Lipinski definition) is 5. The van der Waals surface area contributed by atoms with Crippen molar-refractivity contribution in [2.45, 2.75) is 30.8 Å². The highest BCUT2D eigenvalue weighted by Crippen LogP contribution is 2.25. The van der Waals surface area contributed by atoms with Gasteiger partial charge < -0.3 is 25.2 Å². The predicted molar refractivity (Wildman–Crippen MR) is 64.9 cm³/mol. The molecule has 0 saturated carbocycles. The lowest BCUT2D eigenvalue weighted by Gasteiger charge is -2.15.